The SMILES string of the molecule is CCC/C=N/NC(=O)Cc1ccc([N+](=O)[O-])cc1. The Morgan fingerprint density at radius 1 is 1.44 bits per heavy atom. The van der Waals surface area contributed by atoms with Crippen LogP contribution in [-0.4, -0.2) is 17.0 Å². The van der Waals surface area contributed by atoms with E-state index in [1.807, 2.05) is 6.92 Å². The van der Waals surface area contributed by atoms with E-state index in [2.05, 4.69) is 10.5 Å². The third-order valence-corrected chi connectivity index (χ3v) is 2.21. The second-order valence-electron chi connectivity index (χ2n) is 3.74. The molecule has 0 saturated carbocycles. The minimum absolute atomic E-state index is 0.0140. The van der Waals surface area contributed by atoms with Gasteiger partial charge in [-0.2, -0.15) is 5.10 Å². The minimum Gasteiger partial charge on any atom is -0.273 e. The van der Waals surface area contributed by atoms with E-state index in [-0.39, 0.29) is 18.0 Å². The van der Waals surface area contributed by atoms with E-state index >= 15 is 0 Å². The van der Waals surface area contributed by atoms with Gasteiger partial charge in [0.1, 0.15) is 0 Å². The van der Waals surface area contributed by atoms with Gasteiger partial charge in [-0.25, -0.2) is 5.43 Å². The second kappa shape index (κ2) is 7.16. The Morgan fingerprint density at radius 3 is 2.67 bits per heavy atom. The van der Waals surface area contributed by atoms with Gasteiger partial charge in [-0.15, -0.1) is 0 Å². The molecule has 1 amide bonds. The van der Waals surface area contributed by atoms with Gasteiger partial charge in [-0.05, 0) is 12.0 Å². The number of carbonyl (C=O) groups is 1. The van der Waals surface area contributed by atoms with E-state index in [4.69, 9.17) is 0 Å². The van der Waals surface area contributed by atoms with Crippen molar-refractivity contribution in [2.75, 3.05) is 0 Å². The number of carbonyl (C=O) groups excluding carboxylic acids is 1. The standard InChI is InChI=1S/C12H15N3O3/c1-2-3-8-13-14-12(16)9-10-4-6-11(7-5-10)15(17)18/h4-8H,2-3,9H2,1H3,(H,14,16)/b13-8+. The first-order chi connectivity index (χ1) is 8.63. The zero-order valence-electron chi connectivity index (χ0n) is 10.1. The number of hydrogen-bond donors (Lipinski definition) is 1. The van der Waals surface area contributed by atoms with Crippen molar-refractivity contribution in [2.45, 2.75) is 26.2 Å². The zero-order valence-corrected chi connectivity index (χ0v) is 10.1. The summed E-state index contributed by atoms with van der Waals surface area (Å²) in [4.78, 5) is 21.4. The molecule has 0 unspecified atom stereocenters. The lowest BCUT2D eigenvalue weighted by atomic mass is 10.1. The highest BCUT2D eigenvalue weighted by Crippen LogP contribution is 2.12. The van der Waals surface area contributed by atoms with Gasteiger partial charge in [0.25, 0.3) is 5.69 Å². The first-order valence-corrected chi connectivity index (χ1v) is 5.67. The van der Waals surface area contributed by atoms with Gasteiger partial charge in [0.05, 0.1) is 11.3 Å². The number of rotatable bonds is 6. The monoisotopic (exact) mass is 249 g/mol. The molecule has 1 aromatic rings. The maximum absolute atomic E-state index is 11.4. The summed E-state index contributed by atoms with van der Waals surface area (Å²) in [6.07, 6.45) is 3.59. The van der Waals surface area contributed by atoms with Crippen LogP contribution in [0.5, 0.6) is 0 Å². The summed E-state index contributed by atoms with van der Waals surface area (Å²) in [7, 11) is 0. The topological polar surface area (TPSA) is 84.6 Å². The van der Waals surface area contributed by atoms with E-state index in [1.165, 1.54) is 12.1 Å². The Bertz CT molecular complexity index is 440. The van der Waals surface area contributed by atoms with Crippen LogP contribution in [-0.2, 0) is 11.2 Å². The van der Waals surface area contributed by atoms with Crippen molar-refractivity contribution in [2.24, 2.45) is 5.10 Å². The van der Waals surface area contributed by atoms with Crippen molar-refractivity contribution < 1.29 is 9.72 Å². The van der Waals surface area contributed by atoms with Gasteiger partial charge in [0.2, 0.25) is 5.91 Å². The quantitative estimate of drug-likeness (QED) is 0.475. The van der Waals surface area contributed by atoms with Gasteiger partial charge in [0.15, 0.2) is 0 Å². The fraction of sp³-hybridized carbons (Fsp3) is 0.333. The molecular formula is C12H15N3O3. The third kappa shape index (κ3) is 4.73. The number of unbranched alkanes of at least 4 members (excludes halogenated alkanes) is 1. The molecule has 1 N–H and O–H groups in total. The molecule has 0 fully saturated rings. The number of nitro groups is 1. The third-order valence-electron chi connectivity index (χ3n) is 2.21. The molecule has 0 radical (unpaired) electrons. The van der Waals surface area contributed by atoms with Crippen LogP contribution >= 0.6 is 0 Å². The number of benzene rings is 1. The number of non-ortho nitro benzene ring substituents is 1. The van der Waals surface area contributed by atoms with Crippen LogP contribution < -0.4 is 5.43 Å². The molecule has 0 bridgehead atoms. The molecule has 0 atom stereocenters. The second-order valence-corrected chi connectivity index (χ2v) is 3.74. The van der Waals surface area contributed by atoms with Crippen molar-refractivity contribution in [1.82, 2.24) is 5.43 Å². The zero-order chi connectivity index (χ0) is 13.4. The van der Waals surface area contributed by atoms with Crippen molar-refractivity contribution >= 4 is 17.8 Å². The molecular weight excluding hydrogens is 234 g/mol. The Kier molecular flexibility index (Phi) is 5.50. The summed E-state index contributed by atoms with van der Waals surface area (Å²) in [5, 5.41) is 14.2. The molecule has 1 aromatic carbocycles. The van der Waals surface area contributed by atoms with Crippen LogP contribution in [0.1, 0.15) is 25.3 Å². The van der Waals surface area contributed by atoms with Crippen molar-refractivity contribution in [3.63, 3.8) is 0 Å². The average molecular weight is 249 g/mol. The van der Waals surface area contributed by atoms with Gasteiger partial charge < -0.3 is 0 Å². The Balaban J connectivity index is 2.47. The molecule has 0 aliphatic rings. The lowest BCUT2D eigenvalue weighted by molar-refractivity contribution is -0.384. The van der Waals surface area contributed by atoms with Gasteiger partial charge in [0, 0.05) is 18.3 Å². The number of amides is 1. The Hall–Kier alpha value is -2.24. The van der Waals surface area contributed by atoms with Crippen LogP contribution in [0.15, 0.2) is 29.4 Å². The van der Waals surface area contributed by atoms with Crippen LogP contribution in [0.4, 0.5) is 5.69 Å². The molecule has 0 aliphatic heterocycles. The largest absolute Gasteiger partial charge is 0.273 e. The number of hydrazone groups is 1. The highest BCUT2D eigenvalue weighted by molar-refractivity contribution is 5.79. The fourth-order valence-electron chi connectivity index (χ4n) is 1.27. The smallest absolute Gasteiger partial charge is 0.269 e. The summed E-state index contributed by atoms with van der Waals surface area (Å²) in [6, 6.07) is 5.88. The molecule has 6 heteroatoms. The van der Waals surface area contributed by atoms with E-state index in [1.54, 1.807) is 18.3 Å². The van der Waals surface area contributed by atoms with Crippen molar-refractivity contribution in [3.05, 3.63) is 39.9 Å². The van der Waals surface area contributed by atoms with E-state index in [9.17, 15) is 14.9 Å². The number of hydrogen-bond acceptors (Lipinski definition) is 4. The maximum Gasteiger partial charge on any atom is 0.269 e. The van der Waals surface area contributed by atoms with E-state index in [0.29, 0.717) is 5.56 Å². The van der Waals surface area contributed by atoms with Crippen molar-refractivity contribution in [3.8, 4) is 0 Å². The molecule has 0 aliphatic carbocycles. The first kappa shape index (κ1) is 13.8. The lowest BCUT2D eigenvalue weighted by Gasteiger charge is -2.00. The molecule has 6 nitrogen and oxygen atoms in total. The van der Waals surface area contributed by atoms with Crippen LogP contribution in [0.25, 0.3) is 0 Å². The maximum atomic E-state index is 11.4. The summed E-state index contributed by atoms with van der Waals surface area (Å²) < 4.78 is 0. The van der Waals surface area contributed by atoms with Crippen LogP contribution in [0.3, 0.4) is 0 Å². The number of nitrogens with one attached hydrogen (secondary N) is 1. The summed E-state index contributed by atoms with van der Waals surface area (Å²) >= 11 is 0. The Morgan fingerprint density at radius 2 is 2.11 bits per heavy atom. The fourth-order valence-corrected chi connectivity index (χ4v) is 1.27. The lowest BCUT2D eigenvalue weighted by Crippen LogP contribution is -2.19. The molecule has 0 saturated heterocycles. The molecule has 0 spiro atoms. The summed E-state index contributed by atoms with van der Waals surface area (Å²) in [5.41, 5.74) is 3.13. The van der Waals surface area contributed by atoms with E-state index < -0.39 is 4.92 Å². The van der Waals surface area contributed by atoms with Gasteiger partial charge in [-0.3, -0.25) is 14.9 Å². The Labute approximate surface area is 105 Å². The highest BCUT2D eigenvalue weighted by Gasteiger charge is 2.06. The highest BCUT2D eigenvalue weighted by atomic mass is 16.6. The van der Waals surface area contributed by atoms with Gasteiger partial charge >= 0.3 is 0 Å². The van der Waals surface area contributed by atoms with Gasteiger partial charge in [-0.1, -0.05) is 25.5 Å². The molecule has 0 heterocycles. The molecule has 96 valence electrons. The number of nitro benzene ring substituents is 1. The predicted octanol–water partition coefficient (Wildman–Crippen LogP) is 2.04. The predicted molar refractivity (Wildman–Crippen MR) is 68.3 cm³/mol. The molecule has 18 heavy (non-hydrogen) atoms. The van der Waals surface area contributed by atoms with Crippen LogP contribution in [0, 0.1) is 10.1 Å². The summed E-state index contributed by atoms with van der Waals surface area (Å²) in [5.74, 6) is -0.240. The molecule has 0 aromatic heterocycles. The van der Waals surface area contributed by atoms with E-state index in [0.717, 1.165) is 12.8 Å². The summed E-state index contributed by atoms with van der Waals surface area (Å²) in [6.45, 7) is 2.02. The first-order valence-electron chi connectivity index (χ1n) is 5.67. The average Bonchev–Trinajstić information content (AvgIpc) is 2.35. The van der Waals surface area contributed by atoms with Crippen molar-refractivity contribution in [1.29, 1.82) is 0 Å². The normalized spacial score (nSPS) is 10.5. The molecule has 1 rings (SSSR count). The minimum atomic E-state index is -0.473. The van der Waals surface area contributed by atoms with Crippen LogP contribution in [0.2, 0.25) is 0 Å². The number of nitrogens with zero attached hydrogens (tertiary/aromatic N) is 2.